The lowest BCUT2D eigenvalue weighted by Gasteiger charge is -2.16. The summed E-state index contributed by atoms with van der Waals surface area (Å²) in [4.78, 5) is 91.9. The maximum absolute atomic E-state index is 13.7. The highest BCUT2D eigenvalue weighted by Crippen LogP contribution is 2.31. The van der Waals surface area contributed by atoms with Crippen molar-refractivity contribution in [2.45, 2.75) is 75.0 Å². The number of anilines is 6. The first-order valence-electron chi connectivity index (χ1n) is 24.8. The van der Waals surface area contributed by atoms with E-state index in [2.05, 4.69) is 51.2 Å². The lowest BCUT2D eigenvalue weighted by atomic mass is 10.0. The van der Waals surface area contributed by atoms with Gasteiger partial charge in [0.2, 0.25) is 0 Å². The monoisotopic (exact) mass is 1050 g/mol. The Labute approximate surface area is 448 Å². The van der Waals surface area contributed by atoms with Crippen LogP contribution in [0.15, 0.2) is 155 Å². The number of aromatic nitrogens is 10. The van der Waals surface area contributed by atoms with Crippen molar-refractivity contribution in [3.63, 3.8) is 0 Å². The summed E-state index contributed by atoms with van der Waals surface area (Å²) in [7, 11) is 0. The fourth-order valence-electron chi connectivity index (χ4n) is 8.17. The zero-order chi connectivity index (χ0) is 56.0. The average Bonchev–Trinajstić information content (AvgIpc) is 3.58. The first kappa shape index (κ1) is 55.8. The molecule has 19 nitrogen and oxygen atoms in total. The smallest absolute Gasteiger partial charge is 0.291 e. The lowest BCUT2D eigenvalue weighted by Crippen LogP contribution is -2.28. The topological polar surface area (TPSA) is 244 Å². The molecule has 0 aliphatic heterocycles. The van der Waals surface area contributed by atoms with E-state index in [1.165, 1.54) is 53.0 Å². The second kappa shape index (κ2) is 25.5. The van der Waals surface area contributed by atoms with Gasteiger partial charge in [-0.15, -0.1) is 0 Å². The van der Waals surface area contributed by atoms with E-state index in [-0.39, 0.29) is 67.9 Å². The zero-order valence-corrected chi connectivity index (χ0v) is 44.2. The lowest BCUT2D eigenvalue weighted by molar-refractivity contribution is 0.101. The quantitative estimate of drug-likeness (QED) is 0.0809. The maximum Gasteiger partial charge on any atom is 0.291 e. The zero-order valence-electron chi connectivity index (χ0n) is 44.2. The number of rotatable bonds is 15. The molecule has 0 bridgehead atoms. The molecule has 0 atom stereocenters. The van der Waals surface area contributed by atoms with Crippen LogP contribution < -0.4 is 32.6 Å². The van der Waals surface area contributed by atoms with Crippen molar-refractivity contribution in [3.05, 3.63) is 205 Å². The summed E-state index contributed by atoms with van der Waals surface area (Å²) < 4.78 is 17.6. The van der Waals surface area contributed by atoms with Crippen LogP contribution >= 0.6 is 0 Å². The van der Waals surface area contributed by atoms with Crippen LogP contribution in [0, 0.1) is 19.7 Å². The molecule has 2 aromatic carbocycles. The number of hydrogen-bond donors (Lipinski definition) is 3. The maximum atomic E-state index is 13.7. The molecule has 0 unspecified atom stereocenters. The Balaban J connectivity index is 0.000000170. The minimum Gasteiger partial charge on any atom is -0.349 e. The van der Waals surface area contributed by atoms with Gasteiger partial charge in [0.25, 0.3) is 16.7 Å². The average molecular weight is 1050 g/mol. The van der Waals surface area contributed by atoms with Crippen LogP contribution in [-0.4, -0.2) is 66.6 Å². The molecule has 0 aliphatic carbocycles. The summed E-state index contributed by atoms with van der Waals surface area (Å²) in [5.41, 5.74) is 7.05. The number of nitrogens with one attached hydrogen (secondary N) is 3. The van der Waals surface area contributed by atoms with E-state index in [9.17, 15) is 33.2 Å². The number of aryl methyl sites for hydroxylation is 5. The van der Waals surface area contributed by atoms with Crippen LogP contribution in [0.25, 0.3) is 33.8 Å². The highest BCUT2D eigenvalue weighted by molar-refractivity contribution is 6.07. The van der Waals surface area contributed by atoms with Gasteiger partial charge in [-0.2, -0.15) is 15.3 Å². The largest absolute Gasteiger partial charge is 0.349 e. The van der Waals surface area contributed by atoms with E-state index in [4.69, 9.17) is 0 Å². The molecule has 7 aromatic heterocycles. The Bertz CT molecular complexity index is 3660. The Hall–Kier alpha value is -9.98. The van der Waals surface area contributed by atoms with Crippen LogP contribution in [0.1, 0.15) is 83.7 Å². The molecular weight excluding hydrogens is 994 g/mol. The van der Waals surface area contributed by atoms with Gasteiger partial charge in [0.05, 0.1) is 52.3 Å². The van der Waals surface area contributed by atoms with Gasteiger partial charge in [0.1, 0.15) is 40.0 Å². The Morgan fingerprint density at radius 2 is 0.897 bits per heavy atom. The van der Waals surface area contributed by atoms with Gasteiger partial charge < -0.3 is 16.0 Å². The van der Waals surface area contributed by atoms with Gasteiger partial charge in [0.15, 0.2) is 17.3 Å². The molecule has 0 fully saturated rings. The van der Waals surface area contributed by atoms with E-state index in [0.717, 1.165) is 22.3 Å². The summed E-state index contributed by atoms with van der Waals surface area (Å²) in [5.74, 6) is -1.26. The number of pyridine rings is 4. The third kappa shape index (κ3) is 12.9. The molecule has 0 aliphatic rings. The number of benzene rings is 2. The molecule has 0 saturated carbocycles. The van der Waals surface area contributed by atoms with Crippen molar-refractivity contribution >= 4 is 51.5 Å². The summed E-state index contributed by atoms with van der Waals surface area (Å²) in [6, 6.07) is 25.8. The normalized spacial score (nSPS) is 10.6. The van der Waals surface area contributed by atoms with Gasteiger partial charge in [0, 0.05) is 67.3 Å². The number of hydrogen-bond acceptors (Lipinski definition) is 16. The van der Waals surface area contributed by atoms with Gasteiger partial charge in [-0.1, -0.05) is 35.9 Å². The van der Waals surface area contributed by atoms with Crippen molar-refractivity contribution in [3.8, 4) is 33.8 Å². The van der Waals surface area contributed by atoms with E-state index >= 15 is 0 Å². The summed E-state index contributed by atoms with van der Waals surface area (Å²) >= 11 is 0. The van der Waals surface area contributed by atoms with Gasteiger partial charge in [-0.05, 0) is 122 Å². The molecule has 9 rings (SSSR count). The van der Waals surface area contributed by atoms with E-state index in [0.29, 0.717) is 53.6 Å². The first-order chi connectivity index (χ1) is 37.5. The summed E-state index contributed by atoms with van der Waals surface area (Å²) in [6.45, 7) is 14.6. The summed E-state index contributed by atoms with van der Waals surface area (Å²) in [6.07, 6.45) is 12.9. The first-order valence-corrected chi connectivity index (χ1v) is 24.8. The third-order valence-electron chi connectivity index (χ3n) is 11.9. The SMILES string of the molecule is CCn1nc(-c2cccc(C)c2)c(C(C)=O)c(Nc2cccnc2)c1=O.CCn1nc(-c2cccc(F)c2)c(C(C)=O)c(Nc2cccnc2)c1=O.CCn1nc(-c2ccncc2)c(C(C)=O)c(Nc2cnccc2C)c1=O. The van der Waals surface area contributed by atoms with Crippen molar-refractivity contribution in [1.29, 1.82) is 0 Å². The number of carbonyl (C=O) groups is 3. The molecule has 7 heterocycles. The molecule has 0 amide bonds. The fourth-order valence-corrected chi connectivity index (χ4v) is 8.17. The van der Waals surface area contributed by atoms with Crippen LogP contribution in [-0.2, 0) is 19.6 Å². The van der Waals surface area contributed by atoms with Gasteiger partial charge in [-0.25, -0.2) is 18.4 Å². The van der Waals surface area contributed by atoms with E-state index < -0.39 is 11.4 Å². The molecule has 0 radical (unpaired) electrons. The number of halogens is 1. The third-order valence-corrected chi connectivity index (χ3v) is 11.9. The van der Waals surface area contributed by atoms with Crippen LogP contribution in [0.4, 0.5) is 38.5 Å². The number of carbonyl (C=O) groups excluding carboxylic acids is 3. The Morgan fingerprint density at radius 1 is 0.474 bits per heavy atom. The molecule has 78 heavy (non-hydrogen) atoms. The highest BCUT2D eigenvalue weighted by Gasteiger charge is 2.25. The second-order valence-corrected chi connectivity index (χ2v) is 17.5. The van der Waals surface area contributed by atoms with Gasteiger partial charge >= 0.3 is 0 Å². The molecule has 3 N–H and O–H groups in total. The van der Waals surface area contributed by atoms with Crippen molar-refractivity contribution in [1.82, 2.24) is 49.3 Å². The summed E-state index contributed by atoms with van der Waals surface area (Å²) in [5, 5.41) is 22.3. The molecule has 0 spiro atoms. The molecule has 9 aromatic rings. The van der Waals surface area contributed by atoms with Crippen LogP contribution in [0.5, 0.6) is 0 Å². The van der Waals surface area contributed by atoms with Crippen molar-refractivity contribution in [2.24, 2.45) is 0 Å². The number of Topliss-reactive ketones (excluding diaryl/α,β-unsaturated/α-hetero) is 3. The number of nitrogens with zero attached hydrogens (tertiary/aromatic N) is 10. The number of ketones is 3. The standard InChI is InChI=1S/C20H20N4O2.C19H17FN4O2.C19H19N5O2/c1-4-24-20(26)19(22-16-9-6-10-21-12-16)17(14(3)25)18(23-24)15-8-5-7-13(2)11-15;1-3-24-19(26)18(22-15-8-5-9-21-11-15)16(12(2)25)17(23-24)13-6-4-7-14(20)10-13;1-4-24-19(26)18(22-15-11-21-8-5-12(15)2)16(13(3)25)17(23-24)14-6-9-20-10-7-14/h5-12,22H,4H2,1-3H3;4-11,22H,3H2,1-2H3;5-11,22H,4H2,1-3H3. The molecule has 396 valence electrons. The van der Waals surface area contributed by atoms with Crippen molar-refractivity contribution in [2.75, 3.05) is 16.0 Å². The van der Waals surface area contributed by atoms with E-state index in [1.54, 1.807) is 99.0 Å². The van der Waals surface area contributed by atoms with Gasteiger partial charge in [-0.3, -0.25) is 48.7 Å². The highest BCUT2D eigenvalue weighted by atomic mass is 19.1. The van der Waals surface area contributed by atoms with E-state index in [1.807, 2.05) is 58.0 Å². The van der Waals surface area contributed by atoms with Crippen LogP contribution in [0.3, 0.4) is 0 Å². The molecular formula is C58H56FN13O6. The molecule has 0 saturated heterocycles. The molecule has 20 heteroatoms. The Morgan fingerprint density at radius 3 is 1.31 bits per heavy atom. The second-order valence-electron chi connectivity index (χ2n) is 17.5. The van der Waals surface area contributed by atoms with Crippen LogP contribution in [0.2, 0.25) is 0 Å². The fraction of sp³-hybridized carbons (Fsp3) is 0.190. The minimum atomic E-state index is -0.449. The Kier molecular flexibility index (Phi) is 18.2. The van der Waals surface area contributed by atoms with Crippen molar-refractivity contribution < 1.29 is 18.8 Å². The predicted molar refractivity (Wildman–Crippen MR) is 299 cm³/mol. The minimum absolute atomic E-state index is 0.0987. The predicted octanol–water partition coefficient (Wildman–Crippen LogP) is 9.97.